The fourth-order valence-electron chi connectivity index (χ4n) is 1.49. The van der Waals surface area contributed by atoms with E-state index in [0.717, 1.165) is 18.3 Å². The molecule has 7 nitrogen and oxygen atoms in total. The molecule has 0 amide bonds. The zero-order valence-electron chi connectivity index (χ0n) is 10.8. The molecule has 2 rings (SSSR count). The molecule has 0 aliphatic heterocycles. The van der Waals surface area contributed by atoms with Gasteiger partial charge in [0, 0.05) is 6.54 Å². The van der Waals surface area contributed by atoms with E-state index in [9.17, 15) is 18.9 Å². The Morgan fingerprint density at radius 2 is 2.19 bits per heavy atom. The molecule has 1 N–H and O–H groups in total. The first-order valence-electron chi connectivity index (χ1n) is 5.89. The number of anilines is 1. The maximum atomic E-state index is 13.6. The minimum absolute atomic E-state index is 0.110. The molecule has 1 aromatic heterocycles. The Morgan fingerprint density at radius 1 is 1.43 bits per heavy atom. The van der Waals surface area contributed by atoms with E-state index in [1.165, 1.54) is 0 Å². The van der Waals surface area contributed by atoms with Gasteiger partial charge in [0.25, 0.3) is 5.88 Å². The average Bonchev–Trinajstić information content (AvgIpc) is 2.44. The molecule has 0 aliphatic rings. The molecular formula is C12H10F2N4O3. The molecule has 110 valence electrons. The number of halogens is 2. The normalized spacial score (nSPS) is 10.2. The summed E-state index contributed by atoms with van der Waals surface area (Å²) in [6.45, 7) is 2.29. The first kappa shape index (κ1) is 14.6. The van der Waals surface area contributed by atoms with Gasteiger partial charge in [-0.15, -0.1) is 0 Å². The van der Waals surface area contributed by atoms with Crippen LogP contribution in [0.25, 0.3) is 0 Å². The Kier molecular flexibility index (Phi) is 4.21. The van der Waals surface area contributed by atoms with Crippen LogP contribution in [0.2, 0.25) is 0 Å². The number of hydrogen-bond acceptors (Lipinski definition) is 6. The zero-order valence-corrected chi connectivity index (χ0v) is 10.8. The van der Waals surface area contributed by atoms with Crippen LogP contribution in [0.3, 0.4) is 0 Å². The lowest BCUT2D eigenvalue weighted by atomic mass is 10.3. The van der Waals surface area contributed by atoms with Crippen molar-refractivity contribution in [1.29, 1.82) is 0 Å². The summed E-state index contributed by atoms with van der Waals surface area (Å²) in [5, 5.41) is 13.6. The molecule has 0 spiro atoms. The highest BCUT2D eigenvalue weighted by Crippen LogP contribution is 2.32. The molecule has 1 heterocycles. The van der Waals surface area contributed by atoms with Crippen molar-refractivity contribution in [3.63, 3.8) is 0 Å². The van der Waals surface area contributed by atoms with Crippen molar-refractivity contribution in [2.75, 3.05) is 11.9 Å². The first-order valence-corrected chi connectivity index (χ1v) is 5.89. The number of benzene rings is 1. The summed E-state index contributed by atoms with van der Waals surface area (Å²) >= 11 is 0. The van der Waals surface area contributed by atoms with Crippen LogP contribution in [0.5, 0.6) is 11.6 Å². The molecule has 9 heteroatoms. The van der Waals surface area contributed by atoms with Gasteiger partial charge in [-0.2, -0.15) is 9.37 Å². The van der Waals surface area contributed by atoms with E-state index in [4.69, 9.17) is 4.74 Å². The number of hydrogen-bond donors (Lipinski definition) is 1. The van der Waals surface area contributed by atoms with Crippen molar-refractivity contribution in [2.45, 2.75) is 6.92 Å². The van der Waals surface area contributed by atoms with Gasteiger partial charge in [0.15, 0.2) is 0 Å². The van der Waals surface area contributed by atoms with E-state index in [0.29, 0.717) is 12.6 Å². The number of ether oxygens (including phenoxy) is 1. The molecule has 0 saturated carbocycles. The van der Waals surface area contributed by atoms with Crippen LogP contribution in [-0.4, -0.2) is 21.4 Å². The van der Waals surface area contributed by atoms with Gasteiger partial charge in [0.1, 0.15) is 5.82 Å². The van der Waals surface area contributed by atoms with Crippen LogP contribution >= 0.6 is 0 Å². The molecule has 0 bridgehead atoms. The number of aromatic nitrogens is 2. The maximum Gasteiger partial charge on any atom is 0.314 e. The molecule has 0 unspecified atom stereocenters. The summed E-state index contributed by atoms with van der Waals surface area (Å²) in [6.07, 6.45) is 0.871. The first-order chi connectivity index (χ1) is 10.0. The van der Waals surface area contributed by atoms with Crippen molar-refractivity contribution in [3.8, 4) is 11.6 Å². The van der Waals surface area contributed by atoms with E-state index in [-0.39, 0.29) is 11.7 Å². The minimum Gasteiger partial charge on any atom is -0.429 e. The van der Waals surface area contributed by atoms with Crippen molar-refractivity contribution < 1.29 is 18.4 Å². The second-order valence-electron chi connectivity index (χ2n) is 3.85. The van der Waals surface area contributed by atoms with Crippen LogP contribution in [0, 0.1) is 21.7 Å². The third kappa shape index (κ3) is 3.38. The van der Waals surface area contributed by atoms with Gasteiger partial charge in [-0.05, 0) is 19.1 Å². The summed E-state index contributed by atoms with van der Waals surface area (Å²) < 4.78 is 31.7. The number of nitro benzene ring substituents is 1. The lowest BCUT2D eigenvalue weighted by Gasteiger charge is -2.08. The SMILES string of the molecule is CCNc1ncc(F)c(Oc2ccc(F)cc2[N+](=O)[O-])n1. The minimum atomic E-state index is -0.893. The van der Waals surface area contributed by atoms with Gasteiger partial charge >= 0.3 is 5.69 Å². The molecule has 1 aromatic carbocycles. The fourth-order valence-corrected chi connectivity index (χ4v) is 1.49. The quantitative estimate of drug-likeness (QED) is 0.674. The molecular weight excluding hydrogens is 286 g/mol. The van der Waals surface area contributed by atoms with Crippen LogP contribution in [0.1, 0.15) is 6.92 Å². The van der Waals surface area contributed by atoms with E-state index >= 15 is 0 Å². The predicted octanol–water partition coefficient (Wildman–Crippen LogP) is 2.89. The van der Waals surface area contributed by atoms with Gasteiger partial charge < -0.3 is 10.1 Å². The summed E-state index contributed by atoms with van der Waals surface area (Å²) in [5.74, 6) is -2.39. The van der Waals surface area contributed by atoms with Gasteiger partial charge in [-0.1, -0.05) is 0 Å². The molecule has 2 aromatic rings. The largest absolute Gasteiger partial charge is 0.429 e. The van der Waals surface area contributed by atoms with E-state index in [1.807, 2.05) is 0 Å². The Balaban J connectivity index is 2.38. The van der Waals surface area contributed by atoms with Crippen molar-refractivity contribution in [3.05, 3.63) is 46.1 Å². The second-order valence-corrected chi connectivity index (χ2v) is 3.85. The molecule has 0 aliphatic carbocycles. The number of nitro groups is 1. The third-order valence-corrected chi connectivity index (χ3v) is 2.37. The molecule has 0 atom stereocenters. The Labute approximate surface area is 117 Å². The lowest BCUT2D eigenvalue weighted by molar-refractivity contribution is -0.385. The number of nitrogens with zero attached hydrogens (tertiary/aromatic N) is 3. The Hall–Kier alpha value is -2.84. The Bertz CT molecular complexity index is 682. The van der Waals surface area contributed by atoms with Crippen LogP contribution in [0.15, 0.2) is 24.4 Å². The average molecular weight is 296 g/mol. The maximum absolute atomic E-state index is 13.6. The van der Waals surface area contributed by atoms with Gasteiger partial charge in [0.2, 0.25) is 17.5 Å². The number of nitrogens with one attached hydrogen (secondary N) is 1. The van der Waals surface area contributed by atoms with Gasteiger partial charge in [-0.25, -0.2) is 9.37 Å². The molecule has 0 saturated heterocycles. The van der Waals surface area contributed by atoms with Gasteiger partial charge in [-0.3, -0.25) is 10.1 Å². The van der Waals surface area contributed by atoms with E-state index in [1.54, 1.807) is 6.92 Å². The molecule has 0 fully saturated rings. The summed E-state index contributed by atoms with van der Waals surface area (Å²) in [5.41, 5.74) is -0.627. The smallest absolute Gasteiger partial charge is 0.314 e. The highest BCUT2D eigenvalue weighted by molar-refractivity contribution is 5.48. The third-order valence-electron chi connectivity index (χ3n) is 2.37. The highest BCUT2D eigenvalue weighted by Gasteiger charge is 2.19. The van der Waals surface area contributed by atoms with E-state index < -0.39 is 28.1 Å². The standard InChI is InChI=1S/C12H10F2N4O3/c1-2-15-12-16-6-8(14)11(17-12)21-10-4-3-7(13)5-9(10)18(19)20/h3-6H,2H2,1H3,(H,15,16,17). The second kappa shape index (κ2) is 6.07. The monoisotopic (exact) mass is 296 g/mol. The van der Waals surface area contributed by atoms with E-state index in [2.05, 4.69) is 15.3 Å². The van der Waals surface area contributed by atoms with Crippen molar-refractivity contribution >= 4 is 11.6 Å². The Morgan fingerprint density at radius 3 is 2.86 bits per heavy atom. The topological polar surface area (TPSA) is 90.2 Å². The number of rotatable bonds is 5. The molecule has 0 radical (unpaired) electrons. The predicted molar refractivity (Wildman–Crippen MR) is 69.3 cm³/mol. The van der Waals surface area contributed by atoms with Crippen LogP contribution in [0.4, 0.5) is 20.4 Å². The highest BCUT2D eigenvalue weighted by atomic mass is 19.1. The summed E-state index contributed by atoms with van der Waals surface area (Å²) in [7, 11) is 0. The summed E-state index contributed by atoms with van der Waals surface area (Å²) in [4.78, 5) is 17.4. The summed E-state index contributed by atoms with van der Waals surface area (Å²) in [6, 6.07) is 2.67. The fraction of sp³-hybridized carbons (Fsp3) is 0.167. The van der Waals surface area contributed by atoms with Gasteiger partial charge in [0.05, 0.1) is 17.2 Å². The van der Waals surface area contributed by atoms with Crippen LogP contribution in [-0.2, 0) is 0 Å². The van der Waals surface area contributed by atoms with Crippen molar-refractivity contribution in [2.24, 2.45) is 0 Å². The van der Waals surface area contributed by atoms with Crippen molar-refractivity contribution in [1.82, 2.24) is 9.97 Å². The lowest BCUT2D eigenvalue weighted by Crippen LogP contribution is -2.04. The van der Waals surface area contributed by atoms with Crippen LogP contribution < -0.4 is 10.1 Å². The molecule has 21 heavy (non-hydrogen) atoms. The zero-order chi connectivity index (χ0) is 15.4.